The molecule has 0 radical (unpaired) electrons. The van der Waals surface area contributed by atoms with Crippen molar-refractivity contribution in [1.82, 2.24) is 0 Å². The van der Waals surface area contributed by atoms with Gasteiger partial charge in [-0.3, -0.25) is 0 Å². The van der Waals surface area contributed by atoms with Crippen molar-refractivity contribution >= 4 is 0 Å². The van der Waals surface area contributed by atoms with Gasteiger partial charge in [0.15, 0.2) is 0 Å². The highest BCUT2D eigenvalue weighted by atomic mass is 16.6. The van der Waals surface area contributed by atoms with E-state index in [2.05, 4.69) is 84.9 Å². The van der Waals surface area contributed by atoms with Crippen molar-refractivity contribution in [2.24, 2.45) is 0 Å². The maximum Gasteiger partial charge on any atom is 0.119 e. The van der Waals surface area contributed by atoms with Crippen molar-refractivity contribution in [3.63, 3.8) is 0 Å². The second-order valence-electron chi connectivity index (χ2n) is 6.82. The number of epoxide rings is 1. The third-order valence-electron chi connectivity index (χ3n) is 4.89. The monoisotopic (exact) mass is 344 g/mol. The summed E-state index contributed by atoms with van der Waals surface area (Å²) < 4.78 is 11.0. The van der Waals surface area contributed by atoms with Gasteiger partial charge in [-0.15, -0.1) is 0 Å². The SMILES string of the molecule is c1ccc(CCC(c2ccccc2)c2ccc(OCC3CO3)cc2)cc1. The molecule has 132 valence electrons. The van der Waals surface area contributed by atoms with Gasteiger partial charge < -0.3 is 9.47 Å². The zero-order valence-corrected chi connectivity index (χ0v) is 14.9. The Balaban J connectivity index is 1.49. The van der Waals surface area contributed by atoms with E-state index in [1.165, 1.54) is 16.7 Å². The minimum absolute atomic E-state index is 0.289. The molecule has 26 heavy (non-hydrogen) atoms. The summed E-state index contributed by atoms with van der Waals surface area (Å²) in [6.45, 7) is 1.48. The summed E-state index contributed by atoms with van der Waals surface area (Å²) in [6.07, 6.45) is 2.44. The number of hydrogen-bond acceptors (Lipinski definition) is 2. The summed E-state index contributed by atoms with van der Waals surface area (Å²) in [5.74, 6) is 1.30. The molecular formula is C24H24O2. The maximum atomic E-state index is 5.77. The van der Waals surface area contributed by atoms with Gasteiger partial charge in [0, 0.05) is 5.92 Å². The molecule has 0 amide bonds. The van der Waals surface area contributed by atoms with Crippen molar-refractivity contribution in [2.75, 3.05) is 13.2 Å². The minimum Gasteiger partial charge on any atom is -0.491 e. The molecule has 1 aliphatic heterocycles. The summed E-state index contributed by atoms with van der Waals surface area (Å²) >= 11 is 0. The Morgan fingerprint density at radius 3 is 2.08 bits per heavy atom. The van der Waals surface area contributed by atoms with Gasteiger partial charge in [0.25, 0.3) is 0 Å². The van der Waals surface area contributed by atoms with Crippen LogP contribution in [0, 0.1) is 0 Å². The summed E-state index contributed by atoms with van der Waals surface area (Å²) in [5, 5.41) is 0. The van der Waals surface area contributed by atoms with Crippen LogP contribution in [-0.2, 0) is 11.2 Å². The average molecular weight is 344 g/mol. The molecule has 0 saturated carbocycles. The molecule has 1 fully saturated rings. The molecule has 0 N–H and O–H groups in total. The molecular weight excluding hydrogens is 320 g/mol. The molecule has 1 aliphatic rings. The molecule has 1 heterocycles. The number of ether oxygens (including phenoxy) is 2. The van der Waals surface area contributed by atoms with Gasteiger partial charge in [-0.25, -0.2) is 0 Å². The van der Waals surface area contributed by atoms with E-state index in [0.29, 0.717) is 12.5 Å². The molecule has 3 aromatic rings. The van der Waals surface area contributed by atoms with Gasteiger partial charge in [-0.05, 0) is 41.7 Å². The van der Waals surface area contributed by atoms with E-state index in [1.807, 2.05) is 0 Å². The second kappa shape index (κ2) is 8.20. The van der Waals surface area contributed by atoms with E-state index >= 15 is 0 Å². The van der Waals surface area contributed by atoms with E-state index in [0.717, 1.165) is 25.2 Å². The van der Waals surface area contributed by atoms with Crippen LogP contribution in [0.4, 0.5) is 0 Å². The molecule has 2 atom stereocenters. The fourth-order valence-corrected chi connectivity index (χ4v) is 3.32. The van der Waals surface area contributed by atoms with E-state index < -0.39 is 0 Å². The lowest BCUT2D eigenvalue weighted by Gasteiger charge is -2.19. The highest BCUT2D eigenvalue weighted by Crippen LogP contribution is 2.30. The molecule has 2 heteroatoms. The maximum absolute atomic E-state index is 5.77. The molecule has 3 aromatic carbocycles. The summed E-state index contributed by atoms with van der Waals surface area (Å²) in [5.41, 5.74) is 4.09. The fraction of sp³-hybridized carbons (Fsp3) is 0.250. The van der Waals surface area contributed by atoms with Crippen molar-refractivity contribution in [3.05, 3.63) is 102 Å². The standard InChI is InChI=1S/C24H24O2/c1-3-7-19(8-4-1)11-16-24(20-9-5-2-6-10-20)21-12-14-22(15-13-21)25-17-23-18-26-23/h1-10,12-15,23-24H,11,16-18H2. The predicted octanol–water partition coefficient (Wildman–Crippen LogP) is 5.23. The number of rotatable bonds is 8. The predicted molar refractivity (Wildman–Crippen MR) is 105 cm³/mol. The van der Waals surface area contributed by atoms with Crippen LogP contribution < -0.4 is 4.74 Å². The Hall–Kier alpha value is -2.58. The van der Waals surface area contributed by atoms with Crippen LogP contribution in [0.25, 0.3) is 0 Å². The van der Waals surface area contributed by atoms with Gasteiger partial charge in [-0.2, -0.15) is 0 Å². The lowest BCUT2D eigenvalue weighted by Crippen LogP contribution is -2.05. The molecule has 0 aliphatic carbocycles. The third kappa shape index (κ3) is 4.53. The Labute approximate surface area is 155 Å². The van der Waals surface area contributed by atoms with Gasteiger partial charge >= 0.3 is 0 Å². The zero-order valence-electron chi connectivity index (χ0n) is 14.9. The van der Waals surface area contributed by atoms with E-state index in [4.69, 9.17) is 9.47 Å². The van der Waals surface area contributed by atoms with Crippen LogP contribution in [0.15, 0.2) is 84.9 Å². The van der Waals surface area contributed by atoms with Crippen molar-refractivity contribution < 1.29 is 9.47 Å². The van der Waals surface area contributed by atoms with Gasteiger partial charge in [0.05, 0.1) is 6.61 Å². The highest BCUT2D eigenvalue weighted by molar-refractivity contribution is 5.36. The first kappa shape index (κ1) is 16.9. The van der Waals surface area contributed by atoms with Crippen molar-refractivity contribution in [3.8, 4) is 5.75 Å². The molecule has 2 unspecified atom stereocenters. The van der Waals surface area contributed by atoms with E-state index in [1.54, 1.807) is 0 Å². The van der Waals surface area contributed by atoms with Crippen molar-refractivity contribution in [2.45, 2.75) is 24.9 Å². The third-order valence-corrected chi connectivity index (χ3v) is 4.89. The summed E-state index contributed by atoms with van der Waals surface area (Å²) in [7, 11) is 0. The number of hydrogen-bond donors (Lipinski definition) is 0. The first-order valence-corrected chi connectivity index (χ1v) is 9.32. The molecule has 2 nitrogen and oxygen atoms in total. The lowest BCUT2D eigenvalue weighted by molar-refractivity contribution is 0.263. The second-order valence-corrected chi connectivity index (χ2v) is 6.82. The molecule has 0 bridgehead atoms. The molecule has 0 spiro atoms. The Morgan fingerprint density at radius 2 is 1.42 bits per heavy atom. The number of aryl methyl sites for hydroxylation is 1. The highest BCUT2D eigenvalue weighted by Gasteiger charge is 2.23. The van der Waals surface area contributed by atoms with Gasteiger partial charge in [0.2, 0.25) is 0 Å². The molecule has 1 saturated heterocycles. The van der Waals surface area contributed by atoms with Gasteiger partial charge in [0.1, 0.15) is 18.5 Å². The van der Waals surface area contributed by atoms with Crippen LogP contribution in [0.5, 0.6) is 5.75 Å². The zero-order chi connectivity index (χ0) is 17.6. The minimum atomic E-state index is 0.289. The molecule has 4 rings (SSSR count). The topological polar surface area (TPSA) is 21.8 Å². The Bertz CT molecular complexity index is 793. The summed E-state index contributed by atoms with van der Waals surface area (Å²) in [4.78, 5) is 0. The fourth-order valence-electron chi connectivity index (χ4n) is 3.32. The van der Waals surface area contributed by atoms with Crippen LogP contribution in [0.2, 0.25) is 0 Å². The Morgan fingerprint density at radius 1 is 0.808 bits per heavy atom. The average Bonchev–Trinajstić information content (AvgIpc) is 3.54. The first-order chi connectivity index (χ1) is 12.9. The van der Waals surface area contributed by atoms with E-state index in [9.17, 15) is 0 Å². The Kier molecular flexibility index (Phi) is 5.32. The van der Waals surface area contributed by atoms with Crippen LogP contribution >= 0.6 is 0 Å². The molecule has 0 aromatic heterocycles. The lowest BCUT2D eigenvalue weighted by atomic mass is 9.86. The van der Waals surface area contributed by atoms with Crippen molar-refractivity contribution in [1.29, 1.82) is 0 Å². The normalized spacial score (nSPS) is 16.8. The van der Waals surface area contributed by atoms with Crippen LogP contribution in [0.3, 0.4) is 0 Å². The van der Waals surface area contributed by atoms with E-state index in [-0.39, 0.29) is 6.10 Å². The quantitative estimate of drug-likeness (QED) is 0.522. The first-order valence-electron chi connectivity index (χ1n) is 9.32. The summed E-state index contributed by atoms with van der Waals surface area (Å²) in [6, 6.07) is 30.1. The smallest absolute Gasteiger partial charge is 0.119 e. The number of benzene rings is 3. The van der Waals surface area contributed by atoms with Gasteiger partial charge in [-0.1, -0.05) is 72.8 Å². The van der Waals surface area contributed by atoms with Crippen LogP contribution in [0.1, 0.15) is 29.0 Å². The van der Waals surface area contributed by atoms with Crippen LogP contribution in [-0.4, -0.2) is 19.3 Å². The largest absolute Gasteiger partial charge is 0.491 e.